The van der Waals surface area contributed by atoms with E-state index in [1.54, 1.807) is 0 Å². The van der Waals surface area contributed by atoms with Crippen molar-refractivity contribution in [2.75, 3.05) is 5.73 Å². The van der Waals surface area contributed by atoms with Crippen LogP contribution in [0.4, 0.5) is 5.69 Å². The third-order valence-electron chi connectivity index (χ3n) is 6.92. The molecule has 2 saturated heterocycles. The maximum absolute atomic E-state index is 11.6. The van der Waals surface area contributed by atoms with E-state index in [9.17, 15) is 5.11 Å². The molecule has 142 valence electrons. The largest absolute Gasteiger partial charge is 0.398 e. The van der Waals surface area contributed by atoms with Crippen molar-refractivity contribution in [2.24, 2.45) is 5.41 Å². The Bertz CT molecular complexity index is 747. The van der Waals surface area contributed by atoms with Crippen LogP contribution in [0.25, 0.3) is 5.57 Å². The Morgan fingerprint density at radius 3 is 2.23 bits per heavy atom. The highest BCUT2D eigenvalue weighted by atomic mass is 16.5. The fourth-order valence-electron chi connectivity index (χ4n) is 5.42. The number of hydrogen-bond donors (Lipinski definition) is 2. The third kappa shape index (κ3) is 3.10. The molecule has 0 radical (unpaired) electrons. The molecule has 2 bridgehead atoms. The standard InChI is InChI=1S/C23H33NO2/c1-20(2)9-7-16(8-10-20)18-13-17(5-6-19(18)24)23(25)14-21(3)11-12-22(4,15-23)26-21/h5-7,13,25H,8-12,14-15,24H2,1-4H3. The van der Waals surface area contributed by atoms with E-state index in [0.29, 0.717) is 18.3 Å². The minimum Gasteiger partial charge on any atom is -0.398 e. The van der Waals surface area contributed by atoms with Crippen molar-refractivity contribution >= 4 is 11.3 Å². The molecule has 2 atom stereocenters. The van der Waals surface area contributed by atoms with Gasteiger partial charge in [0.2, 0.25) is 0 Å². The molecule has 0 aromatic heterocycles. The van der Waals surface area contributed by atoms with E-state index in [1.165, 1.54) is 12.0 Å². The summed E-state index contributed by atoms with van der Waals surface area (Å²) in [5, 5.41) is 11.6. The lowest BCUT2D eigenvalue weighted by Gasteiger charge is -2.46. The molecule has 2 heterocycles. The minimum atomic E-state index is -0.838. The highest BCUT2D eigenvalue weighted by Gasteiger charge is 2.56. The highest BCUT2D eigenvalue weighted by Crippen LogP contribution is 2.55. The predicted molar refractivity (Wildman–Crippen MR) is 107 cm³/mol. The Labute approximate surface area is 157 Å². The quantitative estimate of drug-likeness (QED) is 0.719. The maximum atomic E-state index is 11.6. The van der Waals surface area contributed by atoms with Gasteiger partial charge in [-0.2, -0.15) is 0 Å². The number of anilines is 1. The van der Waals surface area contributed by atoms with Gasteiger partial charge >= 0.3 is 0 Å². The monoisotopic (exact) mass is 355 g/mol. The van der Waals surface area contributed by atoms with Crippen LogP contribution in [0.15, 0.2) is 24.3 Å². The van der Waals surface area contributed by atoms with Crippen molar-refractivity contribution in [1.82, 2.24) is 0 Å². The Balaban J connectivity index is 1.70. The summed E-state index contributed by atoms with van der Waals surface area (Å²) in [4.78, 5) is 0. The molecule has 3 nitrogen and oxygen atoms in total. The summed E-state index contributed by atoms with van der Waals surface area (Å²) in [6.45, 7) is 8.93. The van der Waals surface area contributed by atoms with E-state index in [4.69, 9.17) is 10.5 Å². The van der Waals surface area contributed by atoms with Gasteiger partial charge in [0.25, 0.3) is 0 Å². The summed E-state index contributed by atoms with van der Waals surface area (Å²) in [6.07, 6.45) is 9.02. The summed E-state index contributed by atoms with van der Waals surface area (Å²) in [7, 11) is 0. The molecule has 2 unspecified atom stereocenters. The number of allylic oxidation sites excluding steroid dienone is 2. The first-order valence-electron chi connectivity index (χ1n) is 10.0. The topological polar surface area (TPSA) is 55.5 Å². The number of ether oxygens (including phenoxy) is 1. The zero-order valence-electron chi connectivity index (χ0n) is 16.7. The second kappa shape index (κ2) is 5.59. The molecular weight excluding hydrogens is 322 g/mol. The van der Waals surface area contributed by atoms with E-state index in [1.807, 2.05) is 12.1 Å². The molecule has 3 aliphatic rings. The van der Waals surface area contributed by atoms with Gasteiger partial charge < -0.3 is 15.6 Å². The predicted octanol–water partition coefficient (Wildman–Crippen LogP) is 5.17. The van der Waals surface area contributed by atoms with Crippen molar-refractivity contribution in [3.63, 3.8) is 0 Å². The second-order valence-corrected chi connectivity index (χ2v) is 10.3. The molecular formula is C23H33NO2. The van der Waals surface area contributed by atoms with Crippen LogP contribution in [-0.2, 0) is 10.3 Å². The smallest absolute Gasteiger partial charge is 0.0951 e. The molecule has 0 spiro atoms. The van der Waals surface area contributed by atoms with Gasteiger partial charge in [-0.05, 0) is 74.6 Å². The average molecular weight is 356 g/mol. The maximum Gasteiger partial charge on any atom is 0.0951 e. The van der Waals surface area contributed by atoms with Crippen LogP contribution in [-0.4, -0.2) is 16.3 Å². The molecule has 0 saturated carbocycles. The van der Waals surface area contributed by atoms with Crippen molar-refractivity contribution in [3.05, 3.63) is 35.4 Å². The minimum absolute atomic E-state index is 0.225. The highest BCUT2D eigenvalue weighted by molar-refractivity contribution is 5.76. The normalized spacial score (nSPS) is 38.9. The number of rotatable bonds is 2. The van der Waals surface area contributed by atoms with Gasteiger partial charge in [-0.25, -0.2) is 0 Å². The van der Waals surface area contributed by atoms with Gasteiger partial charge in [0.05, 0.1) is 16.8 Å². The van der Waals surface area contributed by atoms with Gasteiger partial charge in [-0.3, -0.25) is 0 Å². The van der Waals surface area contributed by atoms with Crippen molar-refractivity contribution in [1.29, 1.82) is 0 Å². The van der Waals surface area contributed by atoms with Gasteiger partial charge in [-0.15, -0.1) is 0 Å². The first kappa shape index (κ1) is 18.1. The molecule has 1 aliphatic carbocycles. The number of fused-ring (bicyclic) bond motifs is 2. The average Bonchev–Trinajstić information content (AvgIpc) is 2.76. The van der Waals surface area contributed by atoms with E-state index >= 15 is 0 Å². The summed E-state index contributed by atoms with van der Waals surface area (Å²) in [5.74, 6) is 0. The van der Waals surface area contributed by atoms with Gasteiger partial charge in [0, 0.05) is 24.1 Å². The summed E-state index contributed by atoms with van der Waals surface area (Å²) < 4.78 is 6.29. The van der Waals surface area contributed by atoms with Crippen molar-refractivity contribution in [3.8, 4) is 0 Å². The van der Waals surface area contributed by atoms with Crippen LogP contribution in [0.1, 0.15) is 83.8 Å². The fraction of sp³-hybridized carbons (Fsp3) is 0.652. The zero-order chi connectivity index (χ0) is 18.8. The lowest BCUT2D eigenvalue weighted by molar-refractivity contribution is -0.197. The molecule has 0 amide bonds. The van der Waals surface area contributed by atoms with Crippen LogP contribution in [0.5, 0.6) is 0 Å². The first-order valence-corrected chi connectivity index (χ1v) is 10.0. The van der Waals surface area contributed by atoms with Crippen molar-refractivity contribution < 1.29 is 9.84 Å². The summed E-state index contributed by atoms with van der Waals surface area (Å²) in [5.41, 5.74) is 9.67. The number of benzene rings is 1. The third-order valence-corrected chi connectivity index (χ3v) is 6.92. The van der Waals surface area contributed by atoms with Crippen LogP contribution < -0.4 is 5.73 Å². The van der Waals surface area contributed by atoms with Crippen LogP contribution >= 0.6 is 0 Å². The Morgan fingerprint density at radius 2 is 1.65 bits per heavy atom. The summed E-state index contributed by atoms with van der Waals surface area (Å²) >= 11 is 0. The number of hydrogen-bond acceptors (Lipinski definition) is 3. The van der Waals surface area contributed by atoms with Crippen molar-refractivity contribution in [2.45, 2.75) is 89.4 Å². The van der Waals surface area contributed by atoms with Crippen LogP contribution in [0, 0.1) is 5.41 Å². The van der Waals surface area contributed by atoms with Crippen LogP contribution in [0.2, 0.25) is 0 Å². The number of nitrogens with two attached hydrogens (primary N) is 1. The Morgan fingerprint density at radius 1 is 1.00 bits per heavy atom. The zero-order valence-corrected chi connectivity index (χ0v) is 16.7. The van der Waals surface area contributed by atoms with Gasteiger partial charge in [0.15, 0.2) is 0 Å². The molecule has 2 fully saturated rings. The van der Waals surface area contributed by atoms with Gasteiger partial charge in [-0.1, -0.05) is 26.0 Å². The summed E-state index contributed by atoms with van der Waals surface area (Å²) in [6, 6.07) is 6.14. The lowest BCUT2D eigenvalue weighted by atomic mass is 9.74. The van der Waals surface area contributed by atoms with E-state index in [0.717, 1.165) is 42.5 Å². The molecule has 1 aromatic carbocycles. The molecule has 3 heteroatoms. The first-order chi connectivity index (χ1) is 12.0. The van der Waals surface area contributed by atoms with E-state index in [2.05, 4.69) is 39.8 Å². The SMILES string of the molecule is CC1(C)CC=C(c2cc(C3(O)CC4(C)CCC(C)(C3)O4)ccc2N)CC1. The molecule has 4 rings (SSSR count). The number of aliphatic hydroxyl groups is 1. The molecule has 2 aliphatic heterocycles. The number of nitrogen functional groups attached to an aromatic ring is 1. The molecule has 3 N–H and O–H groups in total. The molecule has 26 heavy (non-hydrogen) atoms. The fourth-order valence-corrected chi connectivity index (χ4v) is 5.42. The lowest BCUT2D eigenvalue weighted by Crippen LogP contribution is -2.49. The Kier molecular flexibility index (Phi) is 3.88. The van der Waals surface area contributed by atoms with E-state index in [-0.39, 0.29) is 11.2 Å². The van der Waals surface area contributed by atoms with Crippen LogP contribution in [0.3, 0.4) is 0 Å². The molecule has 1 aromatic rings. The Hall–Kier alpha value is -1.32. The van der Waals surface area contributed by atoms with Gasteiger partial charge in [0.1, 0.15) is 0 Å². The second-order valence-electron chi connectivity index (χ2n) is 10.3. The van der Waals surface area contributed by atoms with E-state index < -0.39 is 5.60 Å².